The fourth-order valence-electron chi connectivity index (χ4n) is 5.04. The quantitative estimate of drug-likeness (QED) is 0.646. The van der Waals surface area contributed by atoms with Crippen molar-refractivity contribution in [2.75, 3.05) is 49.6 Å². The summed E-state index contributed by atoms with van der Waals surface area (Å²) in [5.41, 5.74) is 5.14. The lowest BCUT2D eigenvalue weighted by Crippen LogP contribution is -2.70. The number of hydrogen-bond acceptors (Lipinski definition) is 7. The van der Waals surface area contributed by atoms with Gasteiger partial charge in [-0.3, -0.25) is 4.90 Å². The molecule has 0 atom stereocenters. The zero-order chi connectivity index (χ0) is 23.0. The van der Waals surface area contributed by atoms with Gasteiger partial charge in [0.2, 0.25) is 0 Å². The van der Waals surface area contributed by atoms with Crippen LogP contribution in [0.3, 0.4) is 0 Å². The summed E-state index contributed by atoms with van der Waals surface area (Å²) in [7, 11) is 0. The van der Waals surface area contributed by atoms with Gasteiger partial charge in [-0.2, -0.15) is 10.4 Å². The van der Waals surface area contributed by atoms with Crippen LogP contribution in [0.15, 0.2) is 36.4 Å². The minimum absolute atomic E-state index is 0.204. The molecule has 0 aliphatic carbocycles. The standard InChI is InChI=1S/C26H30N6O/c1-18-20(14-27)5-4-6-21(18)15-28-25-24-13-22(7-8-23(24)19(2)29-30-25)31-16-26(3,17-31)32-9-11-33-12-10-32/h4-8,13H,9-12,15-17H2,1-3H3,(H,28,30). The van der Waals surface area contributed by atoms with Crippen LogP contribution in [0.25, 0.3) is 10.8 Å². The van der Waals surface area contributed by atoms with E-state index in [1.807, 2.05) is 32.0 Å². The Morgan fingerprint density at radius 3 is 2.64 bits per heavy atom. The van der Waals surface area contributed by atoms with Crippen molar-refractivity contribution in [1.29, 1.82) is 5.26 Å². The van der Waals surface area contributed by atoms with E-state index in [4.69, 9.17) is 4.74 Å². The summed E-state index contributed by atoms with van der Waals surface area (Å²) in [4.78, 5) is 5.00. The van der Waals surface area contributed by atoms with Crippen LogP contribution in [-0.2, 0) is 11.3 Å². The first-order chi connectivity index (χ1) is 16.0. The molecule has 2 aliphatic heterocycles. The number of fused-ring (bicyclic) bond motifs is 1. The summed E-state index contributed by atoms with van der Waals surface area (Å²) in [6.45, 7) is 12.6. The highest BCUT2D eigenvalue weighted by atomic mass is 16.5. The van der Waals surface area contributed by atoms with Crippen LogP contribution in [0.5, 0.6) is 0 Å². The highest BCUT2D eigenvalue weighted by Gasteiger charge is 2.44. The van der Waals surface area contributed by atoms with Crippen molar-refractivity contribution in [1.82, 2.24) is 15.1 Å². The molecular formula is C26H30N6O. The molecule has 0 spiro atoms. The van der Waals surface area contributed by atoms with Crippen LogP contribution in [0, 0.1) is 25.2 Å². The lowest BCUT2D eigenvalue weighted by atomic mass is 9.88. The second kappa shape index (κ2) is 8.62. The topological polar surface area (TPSA) is 77.3 Å². The number of nitrogens with one attached hydrogen (secondary N) is 1. The molecule has 2 saturated heterocycles. The Kier molecular flexibility index (Phi) is 5.65. The van der Waals surface area contributed by atoms with Crippen LogP contribution in [-0.4, -0.2) is 60.0 Å². The molecule has 2 fully saturated rings. The fraction of sp³-hybridized carbons (Fsp3) is 0.423. The predicted molar refractivity (Wildman–Crippen MR) is 131 cm³/mol. The van der Waals surface area contributed by atoms with Gasteiger partial charge < -0.3 is 15.0 Å². The van der Waals surface area contributed by atoms with E-state index in [0.717, 1.165) is 72.8 Å². The molecule has 1 N–H and O–H groups in total. The van der Waals surface area contributed by atoms with E-state index in [1.54, 1.807) is 0 Å². The third-order valence-corrected chi connectivity index (χ3v) is 7.16. The summed E-state index contributed by atoms with van der Waals surface area (Å²) in [5.74, 6) is 0.774. The molecule has 3 aromatic rings. The van der Waals surface area contributed by atoms with Gasteiger partial charge >= 0.3 is 0 Å². The normalized spacial score (nSPS) is 18.1. The highest BCUT2D eigenvalue weighted by Crippen LogP contribution is 2.35. The summed E-state index contributed by atoms with van der Waals surface area (Å²) >= 11 is 0. The second-order valence-electron chi connectivity index (χ2n) is 9.37. The Morgan fingerprint density at radius 1 is 1.09 bits per heavy atom. The molecule has 0 radical (unpaired) electrons. The van der Waals surface area contributed by atoms with Gasteiger partial charge in [-0.05, 0) is 50.1 Å². The predicted octanol–water partition coefficient (Wildman–Crippen LogP) is 3.64. The Morgan fingerprint density at radius 2 is 1.88 bits per heavy atom. The van der Waals surface area contributed by atoms with Gasteiger partial charge in [-0.1, -0.05) is 18.2 Å². The molecule has 7 heteroatoms. The molecule has 2 aliphatic rings. The molecular weight excluding hydrogens is 412 g/mol. The zero-order valence-electron chi connectivity index (χ0n) is 19.6. The number of rotatable bonds is 5. The van der Waals surface area contributed by atoms with Crippen molar-refractivity contribution in [3.05, 3.63) is 58.8 Å². The summed E-state index contributed by atoms with van der Waals surface area (Å²) in [6, 6.07) is 14.7. The Bertz CT molecular complexity index is 1220. The fourth-order valence-corrected chi connectivity index (χ4v) is 5.04. The number of anilines is 2. The average Bonchev–Trinajstić information content (AvgIpc) is 2.83. The molecule has 170 valence electrons. The van der Waals surface area contributed by atoms with Gasteiger partial charge in [0.25, 0.3) is 0 Å². The molecule has 2 aromatic carbocycles. The Hall–Kier alpha value is -3.21. The van der Waals surface area contributed by atoms with E-state index in [-0.39, 0.29) is 5.54 Å². The first-order valence-corrected chi connectivity index (χ1v) is 11.6. The van der Waals surface area contributed by atoms with Gasteiger partial charge in [0, 0.05) is 49.2 Å². The van der Waals surface area contributed by atoms with Crippen molar-refractivity contribution >= 4 is 22.3 Å². The average molecular weight is 443 g/mol. The van der Waals surface area contributed by atoms with E-state index >= 15 is 0 Å². The SMILES string of the molecule is Cc1c(C#N)cccc1CNc1nnc(C)c2ccc(N3CC(C)(N4CCOCC4)C3)cc12. The zero-order valence-corrected chi connectivity index (χ0v) is 19.6. The number of aromatic nitrogens is 2. The van der Waals surface area contributed by atoms with Gasteiger partial charge in [0.15, 0.2) is 5.82 Å². The van der Waals surface area contributed by atoms with E-state index in [2.05, 4.69) is 56.5 Å². The van der Waals surface area contributed by atoms with Gasteiger partial charge in [-0.15, -0.1) is 5.10 Å². The van der Waals surface area contributed by atoms with E-state index in [9.17, 15) is 5.26 Å². The smallest absolute Gasteiger partial charge is 0.156 e. The van der Waals surface area contributed by atoms with Crippen LogP contribution < -0.4 is 10.2 Å². The van der Waals surface area contributed by atoms with Crippen molar-refractivity contribution in [3.8, 4) is 6.07 Å². The molecule has 33 heavy (non-hydrogen) atoms. The van der Waals surface area contributed by atoms with Crippen molar-refractivity contribution in [2.24, 2.45) is 0 Å². The van der Waals surface area contributed by atoms with Gasteiger partial charge in [-0.25, -0.2) is 0 Å². The summed E-state index contributed by atoms with van der Waals surface area (Å²) < 4.78 is 5.53. The largest absolute Gasteiger partial charge is 0.379 e. The summed E-state index contributed by atoms with van der Waals surface area (Å²) in [6.07, 6.45) is 0. The molecule has 5 rings (SSSR count). The number of morpholine rings is 1. The highest BCUT2D eigenvalue weighted by molar-refractivity contribution is 5.95. The molecule has 7 nitrogen and oxygen atoms in total. The number of nitrogens with zero attached hydrogens (tertiary/aromatic N) is 5. The third-order valence-electron chi connectivity index (χ3n) is 7.16. The van der Waals surface area contributed by atoms with Crippen LogP contribution >= 0.6 is 0 Å². The minimum atomic E-state index is 0.204. The minimum Gasteiger partial charge on any atom is -0.379 e. The Balaban J connectivity index is 1.38. The van der Waals surface area contributed by atoms with Crippen molar-refractivity contribution < 1.29 is 4.74 Å². The maximum Gasteiger partial charge on any atom is 0.156 e. The summed E-state index contributed by atoms with van der Waals surface area (Å²) in [5, 5.41) is 23.8. The number of ether oxygens (including phenoxy) is 1. The maximum atomic E-state index is 9.32. The van der Waals surface area contributed by atoms with Crippen molar-refractivity contribution in [3.63, 3.8) is 0 Å². The maximum absolute atomic E-state index is 9.32. The monoisotopic (exact) mass is 442 g/mol. The lowest BCUT2D eigenvalue weighted by Gasteiger charge is -2.56. The van der Waals surface area contributed by atoms with Crippen molar-refractivity contribution in [2.45, 2.75) is 32.9 Å². The first kappa shape index (κ1) is 21.6. The first-order valence-electron chi connectivity index (χ1n) is 11.6. The third kappa shape index (κ3) is 4.01. The second-order valence-corrected chi connectivity index (χ2v) is 9.37. The van der Waals surface area contributed by atoms with E-state index < -0.39 is 0 Å². The van der Waals surface area contributed by atoms with Crippen LogP contribution in [0.4, 0.5) is 11.5 Å². The number of benzene rings is 2. The van der Waals surface area contributed by atoms with Crippen LogP contribution in [0.2, 0.25) is 0 Å². The Labute approximate surface area is 195 Å². The van der Waals surface area contributed by atoms with Crippen LogP contribution in [0.1, 0.15) is 29.3 Å². The van der Waals surface area contributed by atoms with E-state index in [1.165, 1.54) is 5.69 Å². The lowest BCUT2D eigenvalue weighted by molar-refractivity contribution is -0.0265. The molecule has 0 saturated carbocycles. The molecule has 1 aromatic heterocycles. The molecule has 0 unspecified atom stereocenters. The van der Waals surface area contributed by atoms with E-state index in [0.29, 0.717) is 12.1 Å². The van der Waals surface area contributed by atoms with Gasteiger partial charge in [0.1, 0.15) is 0 Å². The number of hydrogen-bond donors (Lipinski definition) is 1. The number of nitriles is 1. The van der Waals surface area contributed by atoms with Gasteiger partial charge in [0.05, 0.1) is 36.1 Å². The molecule has 0 amide bonds. The molecule has 3 heterocycles. The number of aryl methyl sites for hydroxylation is 1. The molecule has 0 bridgehead atoms.